The molecule has 2 bridgehead atoms. The predicted octanol–water partition coefficient (Wildman–Crippen LogP) is 2.46. The van der Waals surface area contributed by atoms with Gasteiger partial charge in [0.25, 0.3) is 0 Å². The maximum atomic E-state index is 5.66. The minimum absolute atomic E-state index is 0. The highest BCUT2D eigenvalue weighted by molar-refractivity contribution is 5.85. The summed E-state index contributed by atoms with van der Waals surface area (Å²) in [6, 6.07) is 1.43. The van der Waals surface area contributed by atoms with Crippen LogP contribution < -0.4 is 5.32 Å². The Morgan fingerprint density at radius 2 is 1.95 bits per heavy atom. The molecule has 0 aliphatic carbocycles. The minimum atomic E-state index is 0. The van der Waals surface area contributed by atoms with E-state index >= 15 is 0 Å². The first-order valence-electron chi connectivity index (χ1n) is 6.62. The molecule has 3 rings (SSSR count). The first-order chi connectivity index (χ1) is 8.20. The van der Waals surface area contributed by atoms with Gasteiger partial charge in [-0.25, -0.2) is 4.98 Å². The molecule has 2 fully saturated rings. The molecule has 3 heterocycles. The second kappa shape index (κ2) is 6.93. The minimum Gasteiger partial charge on any atom is -0.444 e. The molecule has 0 saturated carbocycles. The summed E-state index contributed by atoms with van der Waals surface area (Å²) in [6.45, 7) is 7.15. The Hall–Kier alpha value is -0.290. The van der Waals surface area contributed by atoms with E-state index < -0.39 is 0 Å². The summed E-state index contributed by atoms with van der Waals surface area (Å²) >= 11 is 0. The van der Waals surface area contributed by atoms with Crippen molar-refractivity contribution in [1.82, 2.24) is 15.2 Å². The zero-order chi connectivity index (χ0) is 11.8. The molecule has 0 aromatic carbocycles. The smallest absolute Gasteiger partial charge is 0.208 e. The van der Waals surface area contributed by atoms with Gasteiger partial charge in [-0.15, -0.1) is 24.8 Å². The predicted molar refractivity (Wildman–Crippen MR) is 80.3 cm³/mol. The van der Waals surface area contributed by atoms with E-state index in [1.165, 1.54) is 19.3 Å². The van der Waals surface area contributed by atoms with Crippen LogP contribution in [0.25, 0.3) is 0 Å². The van der Waals surface area contributed by atoms with Gasteiger partial charge in [0.05, 0.1) is 12.2 Å². The van der Waals surface area contributed by atoms with Gasteiger partial charge in [-0.05, 0) is 33.1 Å². The SMILES string of the molecule is Cc1nc(CN2CCC3CCC(C2)N3)oc1C.Cl.Cl. The van der Waals surface area contributed by atoms with Crippen molar-refractivity contribution in [3.8, 4) is 0 Å². The summed E-state index contributed by atoms with van der Waals surface area (Å²) in [5.74, 6) is 1.83. The van der Waals surface area contributed by atoms with Crippen LogP contribution in [-0.4, -0.2) is 35.1 Å². The van der Waals surface area contributed by atoms with Gasteiger partial charge in [-0.1, -0.05) is 0 Å². The Kier molecular flexibility index (Phi) is 6.12. The number of hydrogen-bond donors (Lipinski definition) is 1. The fourth-order valence-corrected chi connectivity index (χ4v) is 2.96. The zero-order valence-electron chi connectivity index (χ0n) is 11.5. The molecule has 2 aliphatic rings. The van der Waals surface area contributed by atoms with Crippen LogP contribution in [0.15, 0.2) is 4.42 Å². The summed E-state index contributed by atoms with van der Waals surface area (Å²) in [5.41, 5.74) is 1.02. The highest BCUT2D eigenvalue weighted by Crippen LogP contribution is 2.21. The summed E-state index contributed by atoms with van der Waals surface area (Å²) in [6.07, 6.45) is 3.94. The Morgan fingerprint density at radius 1 is 1.21 bits per heavy atom. The van der Waals surface area contributed by atoms with E-state index in [0.29, 0.717) is 6.04 Å². The van der Waals surface area contributed by atoms with Crippen molar-refractivity contribution < 1.29 is 4.42 Å². The molecule has 2 aliphatic heterocycles. The van der Waals surface area contributed by atoms with Crippen molar-refractivity contribution in [2.45, 2.75) is 51.7 Å². The van der Waals surface area contributed by atoms with Crippen LogP contribution in [-0.2, 0) is 6.54 Å². The highest BCUT2D eigenvalue weighted by atomic mass is 35.5. The summed E-state index contributed by atoms with van der Waals surface area (Å²) in [4.78, 5) is 6.94. The number of hydrogen-bond acceptors (Lipinski definition) is 4. The molecule has 0 radical (unpaired) electrons. The molecular formula is C13H23Cl2N3O. The van der Waals surface area contributed by atoms with Gasteiger partial charge in [-0.2, -0.15) is 0 Å². The number of oxazole rings is 1. The first kappa shape index (κ1) is 16.8. The van der Waals surface area contributed by atoms with Gasteiger partial charge in [0.15, 0.2) is 0 Å². The zero-order valence-corrected chi connectivity index (χ0v) is 13.1. The Balaban J connectivity index is 0.000000902. The van der Waals surface area contributed by atoms with Gasteiger partial charge in [0.1, 0.15) is 5.76 Å². The van der Waals surface area contributed by atoms with E-state index in [4.69, 9.17) is 4.42 Å². The van der Waals surface area contributed by atoms with Crippen LogP contribution in [0.4, 0.5) is 0 Å². The number of nitrogens with one attached hydrogen (secondary N) is 1. The van der Waals surface area contributed by atoms with Crippen LogP contribution >= 0.6 is 24.8 Å². The number of fused-ring (bicyclic) bond motifs is 2. The maximum absolute atomic E-state index is 5.66. The lowest BCUT2D eigenvalue weighted by Crippen LogP contribution is -2.35. The number of aryl methyl sites for hydroxylation is 2. The van der Waals surface area contributed by atoms with Crippen molar-refractivity contribution in [2.24, 2.45) is 0 Å². The van der Waals surface area contributed by atoms with E-state index in [1.54, 1.807) is 0 Å². The molecule has 6 heteroatoms. The second-order valence-corrected chi connectivity index (χ2v) is 5.41. The van der Waals surface area contributed by atoms with E-state index in [2.05, 4.69) is 15.2 Å². The average molecular weight is 308 g/mol. The molecule has 0 amide bonds. The van der Waals surface area contributed by atoms with Gasteiger partial charge >= 0.3 is 0 Å². The van der Waals surface area contributed by atoms with Crippen molar-refractivity contribution in [1.29, 1.82) is 0 Å². The van der Waals surface area contributed by atoms with Crippen LogP contribution in [0, 0.1) is 13.8 Å². The van der Waals surface area contributed by atoms with Gasteiger partial charge in [0, 0.05) is 25.2 Å². The molecule has 2 atom stereocenters. The molecule has 2 unspecified atom stereocenters. The quantitative estimate of drug-likeness (QED) is 0.911. The number of aromatic nitrogens is 1. The standard InChI is InChI=1S/C13H21N3O.2ClH/c1-9-10(2)17-13(14-9)8-16-6-5-11-3-4-12(7-16)15-11;;/h11-12,15H,3-8H2,1-2H3;2*1H. The van der Waals surface area contributed by atoms with E-state index in [0.717, 1.165) is 43.0 Å². The Bertz CT molecular complexity index is 391. The fourth-order valence-electron chi connectivity index (χ4n) is 2.96. The number of likely N-dealkylation sites (tertiary alicyclic amines) is 1. The van der Waals surface area contributed by atoms with Crippen LogP contribution in [0.5, 0.6) is 0 Å². The largest absolute Gasteiger partial charge is 0.444 e. The van der Waals surface area contributed by atoms with Crippen LogP contribution in [0.3, 0.4) is 0 Å². The lowest BCUT2D eigenvalue weighted by atomic mass is 10.1. The number of halogens is 2. The highest BCUT2D eigenvalue weighted by Gasteiger charge is 2.29. The molecule has 1 aromatic heterocycles. The number of rotatable bonds is 2. The van der Waals surface area contributed by atoms with E-state index in [-0.39, 0.29) is 24.8 Å². The van der Waals surface area contributed by atoms with Crippen molar-refractivity contribution >= 4 is 24.8 Å². The first-order valence-corrected chi connectivity index (χ1v) is 6.62. The average Bonchev–Trinajstić information content (AvgIpc) is 2.76. The van der Waals surface area contributed by atoms with Crippen molar-refractivity contribution in [3.05, 3.63) is 17.3 Å². The summed E-state index contributed by atoms with van der Waals surface area (Å²) < 4.78 is 5.66. The van der Waals surface area contributed by atoms with Crippen LogP contribution in [0.1, 0.15) is 36.6 Å². The lowest BCUT2D eigenvalue weighted by molar-refractivity contribution is 0.226. The van der Waals surface area contributed by atoms with Gasteiger partial charge in [-0.3, -0.25) is 4.90 Å². The summed E-state index contributed by atoms with van der Waals surface area (Å²) in [7, 11) is 0. The van der Waals surface area contributed by atoms with Gasteiger partial charge < -0.3 is 9.73 Å². The number of nitrogens with zero attached hydrogens (tertiary/aromatic N) is 2. The van der Waals surface area contributed by atoms with Gasteiger partial charge in [0.2, 0.25) is 5.89 Å². The molecule has 110 valence electrons. The van der Waals surface area contributed by atoms with Crippen molar-refractivity contribution in [3.63, 3.8) is 0 Å². The molecule has 1 aromatic rings. The maximum Gasteiger partial charge on any atom is 0.208 e. The third-order valence-electron chi connectivity index (χ3n) is 4.04. The third-order valence-corrected chi connectivity index (χ3v) is 4.04. The molecule has 4 nitrogen and oxygen atoms in total. The fraction of sp³-hybridized carbons (Fsp3) is 0.769. The molecule has 0 spiro atoms. The summed E-state index contributed by atoms with van der Waals surface area (Å²) in [5, 5.41) is 3.69. The lowest BCUT2D eigenvalue weighted by Gasteiger charge is -2.22. The third kappa shape index (κ3) is 3.85. The molecule has 2 saturated heterocycles. The second-order valence-electron chi connectivity index (χ2n) is 5.41. The molecule has 19 heavy (non-hydrogen) atoms. The van der Waals surface area contributed by atoms with Crippen molar-refractivity contribution in [2.75, 3.05) is 13.1 Å². The molecule has 1 N–H and O–H groups in total. The Morgan fingerprint density at radius 3 is 2.63 bits per heavy atom. The molecular weight excluding hydrogens is 285 g/mol. The normalized spacial score (nSPS) is 26.4. The van der Waals surface area contributed by atoms with Crippen LogP contribution in [0.2, 0.25) is 0 Å². The monoisotopic (exact) mass is 307 g/mol. The van der Waals surface area contributed by atoms with E-state index in [9.17, 15) is 0 Å². The van der Waals surface area contributed by atoms with E-state index in [1.807, 2.05) is 13.8 Å². The topological polar surface area (TPSA) is 41.3 Å². The Labute approximate surface area is 127 Å².